The van der Waals surface area contributed by atoms with Crippen molar-refractivity contribution in [2.45, 2.75) is 45.8 Å². The van der Waals surface area contributed by atoms with Crippen LogP contribution in [-0.2, 0) is 13.1 Å². The number of carbonyl (C=O) groups excluding carboxylic acids is 2. The van der Waals surface area contributed by atoms with E-state index >= 15 is 0 Å². The fourth-order valence-corrected chi connectivity index (χ4v) is 2.67. The topological polar surface area (TPSA) is 80.1 Å². The van der Waals surface area contributed by atoms with Gasteiger partial charge in [0.2, 0.25) is 0 Å². The van der Waals surface area contributed by atoms with Gasteiger partial charge in [-0.15, -0.1) is 5.10 Å². The Hall–Kier alpha value is -2.70. The van der Waals surface area contributed by atoms with Crippen LogP contribution >= 0.6 is 0 Å². The number of benzene rings is 1. The molecule has 3 rings (SSSR count). The zero-order valence-electron chi connectivity index (χ0n) is 14.8. The van der Waals surface area contributed by atoms with Gasteiger partial charge in [-0.25, -0.2) is 4.68 Å². The number of rotatable bonds is 6. The van der Waals surface area contributed by atoms with E-state index in [0.717, 1.165) is 18.4 Å². The van der Waals surface area contributed by atoms with Crippen molar-refractivity contribution in [3.8, 4) is 0 Å². The molecule has 1 N–H and O–H groups in total. The van der Waals surface area contributed by atoms with Gasteiger partial charge in [0, 0.05) is 31.7 Å². The van der Waals surface area contributed by atoms with E-state index in [9.17, 15) is 9.59 Å². The Balaban J connectivity index is 1.65. The Morgan fingerprint density at radius 3 is 2.56 bits per heavy atom. The van der Waals surface area contributed by atoms with Crippen molar-refractivity contribution in [1.29, 1.82) is 0 Å². The van der Waals surface area contributed by atoms with Gasteiger partial charge >= 0.3 is 0 Å². The van der Waals surface area contributed by atoms with Crippen molar-refractivity contribution < 1.29 is 9.59 Å². The molecule has 1 saturated carbocycles. The van der Waals surface area contributed by atoms with Crippen molar-refractivity contribution in [3.05, 3.63) is 46.8 Å². The highest BCUT2D eigenvalue weighted by atomic mass is 16.2. The summed E-state index contributed by atoms with van der Waals surface area (Å²) in [6, 6.07) is 7.71. The number of aromatic nitrogens is 3. The molecule has 0 spiro atoms. The molecule has 1 aliphatic rings. The molecule has 7 heteroatoms. The van der Waals surface area contributed by atoms with Gasteiger partial charge in [-0.3, -0.25) is 9.59 Å². The first-order valence-corrected chi connectivity index (χ1v) is 8.55. The summed E-state index contributed by atoms with van der Waals surface area (Å²) in [5.74, 6) is -0.146. The third kappa shape index (κ3) is 3.87. The number of hydrogen-bond acceptors (Lipinski definition) is 4. The van der Waals surface area contributed by atoms with Gasteiger partial charge in [0.15, 0.2) is 0 Å². The Kier molecular flexibility index (Phi) is 4.83. The number of carbonyl (C=O) groups is 2. The SMILES string of the molecule is CCn1nnc(C)c1C(=O)N(C)Cc1ccc(C(=O)NC2CC2)cc1. The highest BCUT2D eigenvalue weighted by molar-refractivity contribution is 5.95. The summed E-state index contributed by atoms with van der Waals surface area (Å²) in [5.41, 5.74) is 2.76. The smallest absolute Gasteiger partial charge is 0.274 e. The van der Waals surface area contributed by atoms with Crippen LogP contribution in [0.4, 0.5) is 0 Å². The zero-order chi connectivity index (χ0) is 18.0. The van der Waals surface area contributed by atoms with Crippen LogP contribution in [0.3, 0.4) is 0 Å². The largest absolute Gasteiger partial charge is 0.349 e. The van der Waals surface area contributed by atoms with E-state index in [4.69, 9.17) is 0 Å². The predicted molar refractivity (Wildman–Crippen MR) is 93.2 cm³/mol. The third-order valence-electron chi connectivity index (χ3n) is 4.30. The fourth-order valence-electron chi connectivity index (χ4n) is 2.67. The molecular formula is C18H23N5O2. The molecule has 1 aromatic heterocycles. The minimum atomic E-state index is -0.111. The van der Waals surface area contributed by atoms with Crippen LogP contribution in [-0.4, -0.2) is 44.8 Å². The molecule has 0 unspecified atom stereocenters. The summed E-state index contributed by atoms with van der Waals surface area (Å²) < 4.78 is 1.61. The molecule has 7 nitrogen and oxygen atoms in total. The van der Waals surface area contributed by atoms with Crippen LogP contribution in [0.2, 0.25) is 0 Å². The lowest BCUT2D eigenvalue weighted by molar-refractivity contribution is 0.0771. The molecule has 2 aromatic rings. The molecule has 1 aliphatic carbocycles. The van der Waals surface area contributed by atoms with Crippen molar-refractivity contribution in [1.82, 2.24) is 25.2 Å². The summed E-state index contributed by atoms with van der Waals surface area (Å²) >= 11 is 0. The summed E-state index contributed by atoms with van der Waals surface area (Å²) in [6.45, 7) is 4.77. The Morgan fingerprint density at radius 1 is 1.28 bits per heavy atom. The molecule has 0 radical (unpaired) electrons. The van der Waals surface area contributed by atoms with Crippen molar-refractivity contribution in [2.75, 3.05) is 7.05 Å². The molecule has 0 atom stereocenters. The Bertz CT molecular complexity index is 777. The standard InChI is InChI=1S/C18H23N5O2/c1-4-23-16(12(2)20-21-23)18(25)22(3)11-13-5-7-14(8-6-13)17(24)19-15-9-10-15/h5-8,15H,4,9-11H2,1-3H3,(H,19,24). The molecule has 1 heterocycles. The maximum Gasteiger partial charge on any atom is 0.274 e. The zero-order valence-corrected chi connectivity index (χ0v) is 14.8. The van der Waals surface area contributed by atoms with Crippen LogP contribution in [0.5, 0.6) is 0 Å². The predicted octanol–water partition coefficient (Wildman–Crippen LogP) is 1.77. The van der Waals surface area contributed by atoms with Crippen molar-refractivity contribution in [3.63, 3.8) is 0 Å². The van der Waals surface area contributed by atoms with Crippen LogP contribution in [0, 0.1) is 6.92 Å². The molecule has 1 aromatic carbocycles. The average Bonchev–Trinajstić information content (AvgIpc) is 3.34. The molecule has 2 amide bonds. The second-order valence-corrected chi connectivity index (χ2v) is 6.45. The average molecular weight is 341 g/mol. The lowest BCUT2D eigenvalue weighted by Crippen LogP contribution is -2.29. The highest BCUT2D eigenvalue weighted by Gasteiger charge is 2.24. The van der Waals surface area contributed by atoms with E-state index < -0.39 is 0 Å². The summed E-state index contributed by atoms with van der Waals surface area (Å²) in [7, 11) is 1.75. The van der Waals surface area contributed by atoms with E-state index in [1.807, 2.05) is 19.1 Å². The summed E-state index contributed by atoms with van der Waals surface area (Å²) in [6.07, 6.45) is 2.14. The van der Waals surface area contributed by atoms with Crippen LogP contribution in [0.1, 0.15) is 51.9 Å². The normalized spacial score (nSPS) is 13.6. The van der Waals surface area contributed by atoms with Gasteiger partial charge < -0.3 is 10.2 Å². The number of nitrogens with one attached hydrogen (secondary N) is 1. The molecule has 0 saturated heterocycles. The minimum absolute atomic E-state index is 0.0352. The quantitative estimate of drug-likeness (QED) is 0.868. The monoisotopic (exact) mass is 341 g/mol. The van der Waals surface area contributed by atoms with E-state index in [1.165, 1.54) is 0 Å². The molecular weight excluding hydrogens is 318 g/mol. The number of aryl methyl sites for hydroxylation is 2. The molecule has 1 fully saturated rings. The fraction of sp³-hybridized carbons (Fsp3) is 0.444. The first-order valence-electron chi connectivity index (χ1n) is 8.55. The molecule has 25 heavy (non-hydrogen) atoms. The van der Waals surface area contributed by atoms with E-state index in [0.29, 0.717) is 36.1 Å². The van der Waals surface area contributed by atoms with Gasteiger partial charge in [0.1, 0.15) is 5.69 Å². The number of amides is 2. The maximum atomic E-state index is 12.7. The lowest BCUT2D eigenvalue weighted by atomic mass is 10.1. The molecule has 132 valence electrons. The van der Waals surface area contributed by atoms with Gasteiger partial charge in [-0.1, -0.05) is 17.3 Å². The van der Waals surface area contributed by atoms with Crippen LogP contribution in [0.25, 0.3) is 0 Å². The van der Waals surface area contributed by atoms with Gasteiger partial charge in [-0.05, 0) is 44.4 Å². The first kappa shape index (κ1) is 17.1. The van der Waals surface area contributed by atoms with E-state index in [2.05, 4.69) is 15.6 Å². The summed E-state index contributed by atoms with van der Waals surface area (Å²) in [4.78, 5) is 26.3. The minimum Gasteiger partial charge on any atom is -0.349 e. The lowest BCUT2D eigenvalue weighted by Gasteiger charge is -2.18. The van der Waals surface area contributed by atoms with Gasteiger partial charge in [0.25, 0.3) is 11.8 Å². The van der Waals surface area contributed by atoms with E-state index in [1.54, 1.807) is 35.7 Å². The second-order valence-electron chi connectivity index (χ2n) is 6.45. The highest BCUT2D eigenvalue weighted by Crippen LogP contribution is 2.19. The van der Waals surface area contributed by atoms with Gasteiger partial charge in [-0.2, -0.15) is 0 Å². The van der Waals surface area contributed by atoms with Crippen LogP contribution in [0.15, 0.2) is 24.3 Å². The first-order chi connectivity index (χ1) is 12.0. The summed E-state index contributed by atoms with van der Waals surface area (Å²) in [5, 5.41) is 10.9. The third-order valence-corrected chi connectivity index (χ3v) is 4.30. The molecule has 0 bridgehead atoms. The van der Waals surface area contributed by atoms with Gasteiger partial charge in [0.05, 0.1) is 5.69 Å². The Labute approximate surface area is 147 Å². The van der Waals surface area contributed by atoms with Crippen molar-refractivity contribution >= 4 is 11.8 Å². The Morgan fingerprint density at radius 2 is 1.96 bits per heavy atom. The maximum absolute atomic E-state index is 12.7. The molecule has 0 aliphatic heterocycles. The van der Waals surface area contributed by atoms with Crippen LogP contribution < -0.4 is 5.32 Å². The van der Waals surface area contributed by atoms with E-state index in [-0.39, 0.29) is 11.8 Å². The van der Waals surface area contributed by atoms with Crippen molar-refractivity contribution in [2.24, 2.45) is 0 Å². The second kappa shape index (κ2) is 7.04. The number of nitrogens with zero attached hydrogens (tertiary/aromatic N) is 4. The number of hydrogen-bond donors (Lipinski definition) is 1.